The number of hydrogen-bond acceptors (Lipinski definition) is 3. The number of hydrogen-bond donors (Lipinski definition) is 2. The van der Waals surface area contributed by atoms with E-state index in [-0.39, 0.29) is 5.91 Å². The molecule has 1 aromatic rings. The van der Waals surface area contributed by atoms with Crippen molar-refractivity contribution in [1.29, 1.82) is 0 Å². The summed E-state index contributed by atoms with van der Waals surface area (Å²) in [6.07, 6.45) is 5.14. The third-order valence-electron chi connectivity index (χ3n) is 2.81. The lowest BCUT2D eigenvalue weighted by Crippen LogP contribution is -2.14. The first-order chi connectivity index (χ1) is 9.22. The number of nitrogens with one attached hydrogen (secondary N) is 1. The standard InChI is InChI=1S/C15H24N2O2/c1-2-3-4-5-11-19-12-10-15(18)17-14-8-6-13(16)7-9-14/h6-9H,2-5,10-12,16H2,1H3,(H,17,18). The zero-order valence-corrected chi connectivity index (χ0v) is 11.7. The van der Waals surface area contributed by atoms with E-state index in [4.69, 9.17) is 10.5 Å². The van der Waals surface area contributed by atoms with Crippen molar-refractivity contribution < 1.29 is 9.53 Å². The molecule has 0 unspecified atom stereocenters. The second-order valence-electron chi connectivity index (χ2n) is 4.59. The van der Waals surface area contributed by atoms with Gasteiger partial charge in [-0.2, -0.15) is 0 Å². The number of carbonyl (C=O) groups is 1. The quantitative estimate of drug-likeness (QED) is 0.532. The van der Waals surface area contributed by atoms with Crippen molar-refractivity contribution >= 4 is 17.3 Å². The molecule has 0 aliphatic rings. The van der Waals surface area contributed by atoms with Crippen molar-refractivity contribution in [3.63, 3.8) is 0 Å². The molecule has 1 amide bonds. The van der Waals surface area contributed by atoms with E-state index in [0.29, 0.717) is 18.7 Å². The molecule has 0 saturated carbocycles. The summed E-state index contributed by atoms with van der Waals surface area (Å²) in [5.41, 5.74) is 7.03. The lowest BCUT2D eigenvalue weighted by Gasteiger charge is -2.06. The fourth-order valence-electron chi connectivity index (χ4n) is 1.69. The van der Waals surface area contributed by atoms with Crippen molar-refractivity contribution in [1.82, 2.24) is 0 Å². The van der Waals surface area contributed by atoms with E-state index >= 15 is 0 Å². The van der Waals surface area contributed by atoms with E-state index in [9.17, 15) is 4.79 Å². The van der Waals surface area contributed by atoms with Gasteiger partial charge in [0.25, 0.3) is 0 Å². The van der Waals surface area contributed by atoms with E-state index < -0.39 is 0 Å². The Morgan fingerprint density at radius 2 is 1.89 bits per heavy atom. The van der Waals surface area contributed by atoms with E-state index in [1.165, 1.54) is 19.3 Å². The number of amides is 1. The van der Waals surface area contributed by atoms with Crippen LogP contribution in [-0.2, 0) is 9.53 Å². The summed E-state index contributed by atoms with van der Waals surface area (Å²) in [5.74, 6) is -0.0293. The van der Waals surface area contributed by atoms with Gasteiger partial charge in [-0.1, -0.05) is 26.2 Å². The van der Waals surface area contributed by atoms with Crippen LogP contribution in [0.5, 0.6) is 0 Å². The van der Waals surface area contributed by atoms with Crippen molar-refractivity contribution in [2.75, 3.05) is 24.3 Å². The molecule has 1 aromatic carbocycles. The second kappa shape index (κ2) is 9.39. The van der Waals surface area contributed by atoms with E-state index in [0.717, 1.165) is 18.7 Å². The SMILES string of the molecule is CCCCCCOCCC(=O)Nc1ccc(N)cc1. The maximum Gasteiger partial charge on any atom is 0.226 e. The number of benzene rings is 1. The minimum atomic E-state index is -0.0293. The van der Waals surface area contributed by atoms with Crippen LogP contribution in [0.3, 0.4) is 0 Å². The first-order valence-corrected chi connectivity index (χ1v) is 6.95. The van der Waals surface area contributed by atoms with Gasteiger partial charge in [-0.15, -0.1) is 0 Å². The van der Waals surface area contributed by atoms with Gasteiger partial charge in [0.15, 0.2) is 0 Å². The number of nitrogens with two attached hydrogens (primary N) is 1. The summed E-state index contributed by atoms with van der Waals surface area (Å²) >= 11 is 0. The highest BCUT2D eigenvalue weighted by molar-refractivity contribution is 5.90. The predicted molar refractivity (Wildman–Crippen MR) is 79.1 cm³/mol. The van der Waals surface area contributed by atoms with Gasteiger partial charge in [0, 0.05) is 18.0 Å². The van der Waals surface area contributed by atoms with Gasteiger partial charge in [0.1, 0.15) is 0 Å². The van der Waals surface area contributed by atoms with Gasteiger partial charge in [0.2, 0.25) is 5.91 Å². The third kappa shape index (κ3) is 7.47. The Morgan fingerprint density at radius 3 is 2.58 bits per heavy atom. The molecular weight excluding hydrogens is 240 g/mol. The Balaban J connectivity index is 2.06. The Morgan fingerprint density at radius 1 is 1.16 bits per heavy atom. The van der Waals surface area contributed by atoms with Gasteiger partial charge in [-0.25, -0.2) is 0 Å². The molecule has 0 aliphatic carbocycles. The van der Waals surface area contributed by atoms with Crippen molar-refractivity contribution in [3.8, 4) is 0 Å². The van der Waals surface area contributed by atoms with Crippen LogP contribution < -0.4 is 11.1 Å². The van der Waals surface area contributed by atoms with Gasteiger partial charge >= 0.3 is 0 Å². The Labute approximate surface area is 115 Å². The molecule has 3 N–H and O–H groups in total. The molecule has 0 fully saturated rings. The maximum absolute atomic E-state index is 11.6. The molecule has 0 radical (unpaired) electrons. The van der Waals surface area contributed by atoms with E-state index in [2.05, 4.69) is 12.2 Å². The average Bonchev–Trinajstić information content (AvgIpc) is 2.40. The van der Waals surface area contributed by atoms with Crippen molar-refractivity contribution in [2.45, 2.75) is 39.0 Å². The topological polar surface area (TPSA) is 64.3 Å². The minimum absolute atomic E-state index is 0.0293. The predicted octanol–water partition coefficient (Wildman–Crippen LogP) is 3.19. The van der Waals surface area contributed by atoms with Gasteiger partial charge in [0.05, 0.1) is 13.0 Å². The molecule has 0 aliphatic heterocycles. The maximum atomic E-state index is 11.6. The highest BCUT2D eigenvalue weighted by atomic mass is 16.5. The smallest absolute Gasteiger partial charge is 0.226 e. The van der Waals surface area contributed by atoms with E-state index in [1.54, 1.807) is 24.3 Å². The lowest BCUT2D eigenvalue weighted by molar-refractivity contribution is -0.117. The van der Waals surface area contributed by atoms with Crippen LogP contribution >= 0.6 is 0 Å². The lowest BCUT2D eigenvalue weighted by atomic mass is 10.2. The molecule has 106 valence electrons. The first-order valence-electron chi connectivity index (χ1n) is 6.95. The average molecular weight is 264 g/mol. The zero-order valence-electron chi connectivity index (χ0n) is 11.7. The molecule has 0 saturated heterocycles. The fraction of sp³-hybridized carbons (Fsp3) is 0.533. The fourth-order valence-corrected chi connectivity index (χ4v) is 1.69. The molecule has 0 atom stereocenters. The first kappa shape index (κ1) is 15.5. The molecule has 1 rings (SSSR count). The number of carbonyl (C=O) groups excluding carboxylic acids is 1. The van der Waals surface area contributed by atoms with Crippen LogP contribution in [0.4, 0.5) is 11.4 Å². The molecule has 4 heteroatoms. The molecule has 4 nitrogen and oxygen atoms in total. The minimum Gasteiger partial charge on any atom is -0.399 e. The molecule has 19 heavy (non-hydrogen) atoms. The van der Waals surface area contributed by atoms with Crippen LogP contribution in [0.1, 0.15) is 39.0 Å². The highest BCUT2D eigenvalue weighted by Crippen LogP contribution is 2.10. The molecule has 0 bridgehead atoms. The van der Waals surface area contributed by atoms with Gasteiger partial charge < -0.3 is 15.8 Å². The zero-order chi connectivity index (χ0) is 13.9. The monoisotopic (exact) mass is 264 g/mol. The Kier molecular flexibility index (Phi) is 7.66. The Hall–Kier alpha value is -1.55. The van der Waals surface area contributed by atoms with Crippen LogP contribution in [0.25, 0.3) is 0 Å². The largest absolute Gasteiger partial charge is 0.399 e. The number of rotatable bonds is 9. The molecule has 0 aromatic heterocycles. The van der Waals surface area contributed by atoms with Crippen molar-refractivity contribution in [3.05, 3.63) is 24.3 Å². The summed E-state index contributed by atoms with van der Waals surface area (Å²) < 4.78 is 5.43. The highest BCUT2D eigenvalue weighted by Gasteiger charge is 2.02. The van der Waals surface area contributed by atoms with E-state index in [1.807, 2.05) is 0 Å². The summed E-state index contributed by atoms with van der Waals surface area (Å²) in [5, 5.41) is 2.81. The molecule has 0 heterocycles. The number of unbranched alkanes of at least 4 members (excludes halogenated alkanes) is 3. The summed E-state index contributed by atoms with van der Waals surface area (Å²) in [6.45, 7) is 3.41. The summed E-state index contributed by atoms with van der Waals surface area (Å²) in [6, 6.07) is 7.11. The van der Waals surface area contributed by atoms with Gasteiger partial charge in [-0.3, -0.25) is 4.79 Å². The second-order valence-corrected chi connectivity index (χ2v) is 4.59. The number of nitrogen functional groups attached to an aromatic ring is 1. The summed E-state index contributed by atoms with van der Waals surface area (Å²) in [7, 11) is 0. The normalized spacial score (nSPS) is 10.4. The number of anilines is 2. The molecule has 0 spiro atoms. The van der Waals surface area contributed by atoms with Gasteiger partial charge in [-0.05, 0) is 30.7 Å². The summed E-state index contributed by atoms with van der Waals surface area (Å²) in [4.78, 5) is 11.6. The number of ether oxygens (including phenoxy) is 1. The van der Waals surface area contributed by atoms with Crippen LogP contribution in [0.2, 0.25) is 0 Å². The van der Waals surface area contributed by atoms with Crippen LogP contribution in [-0.4, -0.2) is 19.1 Å². The Bertz CT molecular complexity index is 363. The molecular formula is C15H24N2O2. The van der Waals surface area contributed by atoms with Crippen LogP contribution in [0, 0.1) is 0 Å². The third-order valence-corrected chi connectivity index (χ3v) is 2.81. The van der Waals surface area contributed by atoms with Crippen molar-refractivity contribution in [2.24, 2.45) is 0 Å². The van der Waals surface area contributed by atoms with Crippen LogP contribution in [0.15, 0.2) is 24.3 Å².